The van der Waals surface area contributed by atoms with Crippen LogP contribution in [0.4, 0.5) is 29.5 Å². The molecule has 4 aromatic rings. The Balaban J connectivity index is 0.00000353. The van der Waals surface area contributed by atoms with E-state index in [-0.39, 0.29) is 24.5 Å². The van der Waals surface area contributed by atoms with Gasteiger partial charge in [-0.3, -0.25) is 0 Å². The van der Waals surface area contributed by atoms with Crippen molar-refractivity contribution in [2.75, 3.05) is 29.9 Å². The summed E-state index contributed by atoms with van der Waals surface area (Å²) in [6.45, 7) is 3.34. The van der Waals surface area contributed by atoms with E-state index in [1.807, 2.05) is 43.3 Å². The van der Waals surface area contributed by atoms with Crippen LogP contribution in [0.1, 0.15) is 18.1 Å². The van der Waals surface area contributed by atoms with E-state index < -0.39 is 11.7 Å². The standard InChI is InChI=1S/C28H23F3N6O.ClH/c1-18-17-36(14-15-37(18)27(38)33-22-12-10-21(11-13-22)28(29,30)31)26-24-5-3-2-4-23(24)25(34-35-26)20-8-6-19(16-32)7-9-20;/h2-13,18H,14-15,17H2,1H3,(H,33,38);1H. The lowest BCUT2D eigenvalue weighted by Gasteiger charge is -2.40. The van der Waals surface area contributed by atoms with Gasteiger partial charge in [0.2, 0.25) is 0 Å². The highest BCUT2D eigenvalue weighted by molar-refractivity contribution is 6.00. The molecule has 3 aromatic carbocycles. The molecule has 7 nitrogen and oxygen atoms in total. The number of anilines is 2. The average Bonchev–Trinajstić information content (AvgIpc) is 2.92. The molecule has 0 aliphatic carbocycles. The minimum atomic E-state index is -4.43. The van der Waals surface area contributed by atoms with Gasteiger partial charge in [-0.1, -0.05) is 36.4 Å². The Hall–Kier alpha value is -4.36. The first-order chi connectivity index (χ1) is 18.2. The summed E-state index contributed by atoms with van der Waals surface area (Å²) in [5, 5.41) is 22.7. The highest BCUT2D eigenvalue weighted by Gasteiger charge is 2.31. The normalized spacial score (nSPS) is 15.4. The molecular formula is C28H24ClF3N6O. The van der Waals surface area contributed by atoms with Gasteiger partial charge in [0.15, 0.2) is 5.82 Å². The average molecular weight is 553 g/mol. The first-order valence-corrected chi connectivity index (χ1v) is 12.0. The van der Waals surface area contributed by atoms with Crippen molar-refractivity contribution >= 4 is 40.7 Å². The van der Waals surface area contributed by atoms with Gasteiger partial charge in [-0.25, -0.2) is 4.79 Å². The Kier molecular flexibility index (Phi) is 7.93. The van der Waals surface area contributed by atoms with E-state index in [1.54, 1.807) is 17.0 Å². The largest absolute Gasteiger partial charge is 0.416 e. The quantitative estimate of drug-likeness (QED) is 0.320. The predicted octanol–water partition coefficient (Wildman–Crippen LogP) is 6.35. The van der Waals surface area contributed by atoms with Crippen LogP contribution in [0.15, 0.2) is 72.8 Å². The molecular weight excluding hydrogens is 529 g/mol. The maximum atomic E-state index is 12.9. The van der Waals surface area contributed by atoms with Crippen molar-refractivity contribution < 1.29 is 18.0 Å². The molecule has 1 N–H and O–H groups in total. The summed E-state index contributed by atoms with van der Waals surface area (Å²) in [6, 6.07) is 21.0. The molecule has 1 fully saturated rings. The number of alkyl halides is 3. The zero-order valence-corrected chi connectivity index (χ0v) is 21.6. The first-order valence-electron chi connectivity index (χ1n) is 12.0. The van der Waals surface area contributed by atoms with Crippen molar-refractivity contribution in [3.8, 4) is 17.3 Å². The van der Waals surface area contributed by atoms with Crippen molar-refractivity contribution in [1.29, 1.82) is 5.26 Å². The molecule has 0 bridgehead atoms. The topological polar surface area (TPSA) is 85.2 Å². The van der Waals surface area contributed by atoms with Crippen LogP contribution in [-0.2, 0) is 6.18 Å². The Morgan fingerprint density at radius 1 is 0.974 bits per heavy atom. The van der Waals surface area contributed by atoms with Gasteiger partial charge < -0.3 is 15.1 Å². The Labute approximate surface area is 229 Å². The summed E-state index contributed by atoms with van der Waals surface area (Å²) in [4.78, 5) is 16.6. The number of amides is 2. The number of nitriles is 1. The molecule has 2 amide bonds. The van der Waals surface area contributed by atoms with Gasteiger partial charge in [0, 0.05) is 47.7 Å². The van der Waals surface area contributed by atoms with Crippen LogP contribution in [0.5, 0.6) is 0 Å². The molecule has 1 saturated heterocycles. The van der Waals surface area contributed by atoms with E-state index in [4.69, 9.17) is 5.26 Å². The smallest absolute Gasteiger partial charge is 0.351 e. The second kappa shape index (κ2) is 11.2. The maximum absolute atomic E-state index is 12.9. The fourth-order valence-corrected chi connectivity index (χ4v) is 4.63. The van der Waals surface area contributed by atoms with Gasteiger partial charge in [-0.05, 0) is 43.3 Å². The number of nitrogens with zero attached hydrogens (tertiary/aromatic N) is 5. The molecule has 1 unspecified atom stereocenters. The molecule has 1 aliphatic rings. The van der Waals surface area contributed by atoms with Crippen molar-refractivity contribution in [3.63, 3.8) is 0 Å². The van der Waals surface area contributed by atoms with Crippen LogP contribution < -0.4 is 10.2 Å². The Morgan fingerprint density at radius 2 is 1.64 bits per heavy atom. The second-order valence-corrected chi connectivity index (χ2v) is 9.10. The number of fused-ring (bicyclic) bond motifs is 1. The van der Waals surface area contributed by atoms with Crippen molar-refractivity contribution in [1.82, 2.24) is 15.1 Å². The fourth-order valence-electron chi connectivity index (χ4n) is 4.63. The number of nitrogens with one attached hydrogen (secondary N) is 1. The Bertz CT molecular complexity index is 1520. The third-order valence-corrected chi connectivity index (χ3v) is 6.61. The van der Waals surface area contributed by atoms with E-state index in [0.717, 1.165) is 34.2 Å². The molecule has 11 heteroatoms. The van der Waals surface area contributed by atoms with E-state index in [0.29, 0.717) is 36.7 Å². The van der Waals surface area contributed by atoms with E-state index >= 15 is 0 Å². The highest BCUT2D eigenvalue weighted by atomic mass is 35.5. The predicted molar refractivity (Wildman–Crippen MR) is 146 cm³/mol. The zero-order valence-electron chi connectivity index (χ0n) is 20.8. The number of piperazine rings is 1. The lowest BCUT2D eigenvalue weighted by molar-refractivity contribution is -0.137. The lowest BCUT2D eigenvalue weighted by Crippen LogP contribution is -2.55. The van der Waals surface area contributed by atoms with Crippen molar-refractivity contribution in [3.05, 3.63) is 83.9 Å². The van der Waals surface area contributed by atoms with Gasteiger partial charge >= 0.3 is 12.2 Å². The summed E-state index contributed by atoms with van der Waals surface area (Å²) in [7, 11) is 0. The highest BCUT2D eigenvalue weighted by Crippen LogP contribution is 2.33. The van der Waals surface area contributed by atoms with Gasteiger partial charge in [-0.15, -0.1) is 22.6 Å². The number of urea groups is 1. The number of carbonyl (C=O) groups is 1. The zero-order chi connectivity index (χ0) is 26.9. The minimum absolute atomic E-state index is 0. The molecule has 0 saturated carbocycles. The van der Waals surface area contributed by atoms with Crippen molar-refractivity contribution in [2.24, 2.45) is 0 Å². The fraction of sp³-hybridized carbons (Fsp3) is 0.214. The Morgan fingerprint density at radius 3 is 2.26 bits per heavy atom. The molecule has 1 aliphatic heterocycles. The van der Waals surface area contributed by atoms with Gasteiger partial charge in [-0.2, -0.15) is 18.4 Å². The molecule has 39 heavy (non-hydrogen) atoms. The number of carbonyl (C=O) groups excluding carboxylic acids is 1. The monoisotopic (exact) mass is 552 g/mol. The van der Waals surface area contributed by atoms with E-state index in [2.05, 4.69) is 26.5 Å². The summed E-state index contributed by atoms with van der Waals surface area (Å²) in [5.74, 6) is 0.715. The van der Waals surface area contributed by atoms with Crippen LogP contribution in [0, 0.1) is 11.3 Å². The van der Waals surface area contributed by atoms with Gasteiger partial charge in [0.25, 0.3) is 0 Å². The maximum Gasteiger partial charge on any atom is 0.416 e. The third kappa shape index (κ3) is 5.73. The summed E-state index contributed by atoms with van der Waals surface area (Å²) in [5.41, 5.74) is 1.68. The number of hydrogen-bond acceptors (Lipinski definition) is 5. The van der Waals surface area contributed by atoms with Crippen LogP contribution in [0.3, 0.4) is 0 Å². The SMILES string of the molecule is CC1CN(c2nnc(-c3ccc(C#N)cc3)c3ccccc23)CCN1C(=O)Nc1ccc(C(F)(F)F)cc1.Cl. The molecule has 2 heterocycles. The first kappa shape index (κ1) is 27.7. The summed E-state index contributed by atoms with van der Waals surface area (Å²) < 4.78 is 38.4. The second-order valence-electron chi connectivity index (χ2n) is 9.10. The third-order valence-electron chi connectivity index (χ3n) is 6.61. The number of hydrogen-bond donors (Lipinski definition) is 1. The number of aromatic nitrogens is 2. The van der Waals surface area contributed by atoms with Crippen LogP contribution in [0.2, 0.25) is 0 Å². The lowest BCUT2D eigenvalue weighted by atomic mass is 10.0. The number of halogens is 4. The molecule has 5 rings (SSSR count). The van der Waals surface area contributed by atoms with Crippen LogP contribution in [-0.4, -0.2) is 46.8 Å². The van der Waals surface area contributed by atoms with E-state index in [9.17, 15) is 18.0 Å². The molecule has 0 radical (unpaired) electrons. The molecule has 0 spiro atoms. The molecule has 1 aromatic heterocycles. The van der Waals surface area contributed by atoms with Gasteiger partial charge in [0.05, 0.1) is 17.2 Å². The van der Waals surface area contributed by atoms with Crippen molar-refractivity contribution in [2.45, 2.75) is 19.1 Å². The van der Waals surface area contributed by atoms with Crippen LogP contribution in [0.25, 0.3) is 22.0 Å². The number of benzene rings is 3. The number of rotatable bonds is 3. The summed E-state index contributed by atoms with van der Waals surface area (Å²) >= 11 is 0. The van der Waals surface area contributed by atoms with Gasteiger partial charge in [0.1, 0.15) is 5.69 Å². The molecule has 200 valence electrons. The molecule has 1 atom stereocenters. The minimum Gasteiger partial charge on any atom is -0.351 e. The van der Waals surface area contributed by atoms with E-state index in [1.165, 1.54) is 12.1 Å². The van der Waals surface area contributed by atoms with Crippen LogP contribution >= 0.6 is 12.4 Å². The summed E-state index contributed by atoms with van der Waals surface area (Å²) in [6.07, 6.45) is -4.43.